The number of aromatic nitrogens is 2. The van der Waals surface area contributed by atoms with Crippen LogP contribution in [0.25, 0.3) is 5.69 Å². The van der Waals surface area contributed by atoms with Gasteiger partial charge in [-0.1, -0.05) is 12.1 Å². The molecule has 1 saturated heterocycles. The fourth-order valence-electron chi connectivity index (χ4n) is 3.71. The van der Waals surface area contributed by atoms with Crippen LogP contribution in [0.3, 0.4) is 0 Å². The van der Waals surface area contributed by atoms with Gasteiger partial charge in [-0.15, -0.1) is 0 Å². The average molecular weight is 328 g/mol. The first kappa shape index (κ1) is 15.3. The zero-order valence-electron chi connectivity index (χ0n) is 13.8. The normalized spacial score (nSPS) is 20.2. The number of hydrogen-bond donors (Lipinski definition) is 1. The van der Waals surface area contributed by atoms with Gasteiger partial charge >= 0.3 is 0 Å². The van der Waals surface area contributed by atoms with Crippen molar-refractivity contribution >= 4 is 5.91 Å². The second kappa shape index (κ2) is 6.02. The Bertz CT molecular complexity index is 785. The first-order chi connectivity index (χ1) is 11.7. The van der Waals surface area contributed by atoms with E-state index in [1.165, 1.54) is 6.07 Å². The number of hydrogen-bond acceptors (Lipinski definition) is 3. The first-order valence-corrected chi connectivity index (χ1v) is 8.54. The molecule has 126 valence electrons. The van der Waals surface area contributed by atoms with Crippen LogP contribution in [0, 0.1) is 5.82 Å². The lowest BCUT2D eigenvalue weighted by Crippen LogP contribution is -2.52. The molecule has 1 aromatic heterocycles. The Kier molecular flexibility index (Phi) is 3.84. The van der Waals surface area contributed by atoms with Crippen LogP contribution in [0.2, 0.25) is 0 Å². The largest absolute Gasteiger partial charge is 0.332 e. The maximum atomic E-state index is 14.2. The van der Waals surface area contributed by atoms with Crippen molar-refractivity contribution in [3.8, 4) is 5.69 Å². The van der Waals surface area contributed by atoms with Gasteiger partial charge < -0.3 is 10.2 Å². The van der Waals surface area contributed by atoms with Crippen LogP contribution in [-0.4, -0.2) is 46.3 Å². The van der Waals surface area contributed by atoms with Crippen LogP contribution in [0.4, 0.5) is 4.39 Å². The lowest BCUT2D eigenvalue weighted by atomic mass is 10.1. The fourth-order valence-corrected chi connectivity index (χ4v) is 3.71. The minimum Gasteiger partial charge on any atom is -0.332 e. The fraction of sp³-hybridized carbons (Fsp3) is 0.444. The molecule has 4 rings (SSSR count). The van der Waals surface area contributed by atoms with Gasteiger partial charge in [0.05, 0.1) is 0 Å². The number of piperazine rings is 1. The van der Waals surface area contributed by atoms with E-state index in [4.69, 9.17) is 0 Å². The number of benzene rings is 1. The summed E-state index contributed by atoms with van der Waals surface area (Å²) < 4.78 is 15.8. The van der Waals surface area contributed by atoms with E-state index in [2.05, 4.69) is 10.4 Å². The molecule has 0 saturated carbocycles. The molecule has 2 aliphatic rings. The number of halogens is 1. The summed E-state index contributed by atoms with van der Waals surface area (Å²) in [6.45, 7) is 4.31. The van der Waals surface area contributed by atoms with Crippen molar-refractivity contribution in [2.24, 2.45) is 0 Å². The van der Waals surface area contributed by atoms with Gasteiger partial charge in [0.2, 0.25) is 0 Å². The van der Waals surface area contributed by atoms with Gasteiger partial charge in [-0.3, -0.25) is 4.79 Å². The van der Waals surface area contributed by atoms with Crippen LogP contribution < -0.4 is 5.32 Å². The van der Waals surface area contributed by atoms with Crippen LogP contribution in [0.5, 0.6) is 0 Å². The molecule has 1 unspecified atom stereocenters. The van der Waals surface area contributed by atoms with Crippen molar-refractivity contribution in [2.75, 3.05) is 19.6 Å². The molecule has 6 heteroatoms. The van der Waals surface area contributed by atoms with Crippen molar-refractivity contribution in [3.05, 3.63) is 47.0 Å². The predicted molar refractivity (Wildman–Crippen MR) is 88.9 cm³/mol. The highest BCUT2D eigenvalue weighted by molar-refractivity contribution is 5.94. The first-order valence-electron chi connectivity index (χ1n) is 8.54. The molecule has 2 heterocycles. The molecule has 24 heavy (non-hydrogen) atoms. The van der Waals surface area contributed by atoms with Crippen molar-refractivity contribution < 1.29 is 9.18 Å². The summed E-state index contributed by atoms with van der Waals surface area (Å²) in [6, 6.07) is 6.74. The third-order valence-electron chi connectivity index (χ3n) is 4.98. The number of rotatable bonds is 2. The number of nitrogens with zero attached hydrogens (tertiary/aromatic N) is 3. The van der Waals surface area contributed by atoms with Crippen LogP contribution >= 0.6 is 0 Å². The molecule has 1 fully saturated rings. The van der Waals surface area contributed by atoms with Crippen molar-refractivity contribution in [1.82, 2.24) is 20.0 Å². The summed E-state index contributed by atoms with van der Waals surface area (Å²) in [6.07, 6.45) is 2.66. The van der Waals surface area contributed by atoms with Crippen LogP contribution in [0.1, 0.15) is 35.1 Å². The minimum absolute atomic E-state index is 0.0303. The monoisotopic (exact) mass is 328 g/mol. The molecule has 1 aliphatic carbocycles. The third kappa shape index (κ3) is 2.41. The average Bonchev–Trinajstić information content (AvgIpc) is 3.18. The Morgan fingerprint density at radius 1 is 1.33 bits per heavy atom. The Hall–Kier alpha value is -2.21. The van der Waals surface area contributed by atoms with Gasteiger partial charge in [0.25, 0.3) is 5.91 Å². The topological polar surface area (TPSA) is 50.2 Å². The zero-order valence-corrected chi connectivity index (χ0v) is 13.8. The summed E-state index contributed by atoms with van der Waals surface area (Å²) in [5.74, 6) is -0.346. The van der Waals surface area contributed by atoms with E-state index in [1.54, 1.807) is 22.9 Å². The Morgan fingerprint density at radius 3 is 2.96 bits per heavy atom. The molecule has 1 amide bonds. The highest BCUT2D eigenvalue weighted by Gasteiger charge is 2.32. The Balaban J connectivity index is 1.76. The van der Waals surface area contributed by atoms with E-state index in [0.717, 1.165) is 43.6 Å². The SMILES string of the molecule is CC1CNCCN1C(=O)c1nn(-c2ccccc2F)c2c1CCC2. The quantitative estimate of drug-likeness (QED) is 0.916. The lowest BCUT2D eigenvalue weighted by molar-refractivity contribution is 0.0648. The Labute approximate surface area is 140 Å². The van der Waals surface area contributed by atoms with Gasteiger partial charge in [-0.05, 0) is 38.3 Å². The smallest absolute Gasteiger partial charge is 0.274 e. The molecule has 0 bridgehead atoms. The molecule has 1 N–H and O–H groups in total. The van der Waals surface area contributed by atoms with Gasteiger partial charge in [0, 0.05) is 36.9 Å². The van der Waals surface area contributed by atoms with E-state index < -0.39 is 0 Å². The van der Waals surface area contributed by atoms with Crippen LogP contribution in [-0.2, 0) is 12.8 Å². The van der Waals surface area contributed by atoms with Crippen molar-refractivity contribution in [3.63, 3.8) is 0 Å². The lowest BCUT2D eigenvalue weighted by Gasteiger charge is -2.33. The van der Waals surface area contributed by atoms with Gasteiger partial charge in [-0.2, -0.15) is 5.10 Å². The highest BCUT2D eigenvalue weighted by atomic mass is 19.1. The molecule has 2 aromatic rings. The third-order valence-corrected chi connectivity index (χ3v) is 4.98. The number of nitrogens with one attached hydrogen (secondary N) is 1. The van der Waals surface area contributed by atoms with Crippen molar-refractivity contribution in [2.45, 2.75) is 32.2 Å². The molecular weight excluding hydrogens is 307 g/mol. The van der Waals surface area contributed by atoms with E-state index in [9.17, 15) is 9.18 Å². The predicted octanol–water partition coefficient (Wildman–Crippen LogP) is 1.93. The summed E-state index contributed by atoms with van der Waals surface area (Å²) in [5, 5.41) is 7.83. The second-order valence-corrected chi connectivity index (χ2v) is 6.54. The maximum absolute atomic E-state index is 14.2. The van der Waals surface area contributed by atoms with Gasteiger partial charge in [0.15, 0.2) is 5.69 Å². The second-order valence-electron chi connectivity index (χ2n) is 6.54. The maximum Gasteiger partial charge on any atom is 0.274 e. The van der Waals surface area contributed by atoms with E-state index in [0.29, 0.717) is 17.9 Å². The molecule has 0 spiro atoms. The molecule has 1 aromatic carbocycles. The summed E-state index contributed by atoms with van der Waals surface area (Å²) in [5.41, 5.74) is 2.89. The molecule has 0 radical (unpaired) electrons. The van der Waals surface area contributed by atoms with Crippen molar-refractivity contribution in [1.29, 1.82) is 0 Å². The number of carbonyl (C=O) groups is 1. The van der Waals surface area contributed by atoms with E-state index in [1.807, 2.05) is 11.8 Å². The number of amides is 1. The van der Waals surface area contributed by atoms with Crippen LogP contribution in [0.15, 0.2) is 24.3 Å². The molecular formula is C18H21FN4O. The summed E-state index contributed by atoms with van der Waals surface area (Å²) >= 11 is 0. The molecule has 5 nitrogen and oxygen atoms in total. The van der Waals surface area contributed by atoms with Gasteiger partial charge in [-0.25, -0.2) is 9.07 Å². The number of fused-ring (bicyclic) bond motifs is 1. The molecule has 1 aliphatic heterocycles. The van der Waals surface area contributed by atoms with E-state index >= 15 is 0 Å². The number of para-hydroxylation sites is 1. The highest BCUT2D eigenvalue weighted by Crippen LogP contribution is 2.29. The minimum atomic E-state index is -0.316. The summed E-state index contributed by atoms with van der Waals surface area (Å²) in [4.78, 5) is 14.9. The van der Waals surface area contributed by atoms with E-state index in [-0.39, 0.29) is 17.8 Å². The summed E-state index contributed by atoms with van der Waals surface area (Å²) in [7, 11) is 0. The Morgan fingerprint density at radius 2 is 2.17 bits per heavy atom. The van der Waals surface area contributed by atoms with Gasteiger partial charge in [0.1, 0.15) is 11.5 Å². The molecule has 1 atom stereocenters. The number of carbonyl (C=O) groups excluding carboxylic acids is 1. The zero-order chi connectivity index (χ0) is 16.7. The standard InChI is InChI=1S/C18H21FN4O/c1-12-11-20-9-10-22(12)18(24)17-13-5-4-8-15(13)23(21-17)16-7-3-2-6-14(16)19/h2-3,6-7,12,20H,4-5,8-11H2,1H3.